The Kier molecular flexibility index (Phi) is 6.74. The average Bonchev–Trinajstić information content (AvgIpc) is 3.45. The van der Waals surface area contributed by atoms with Crippen LogP contribution in [0, 0.1) is 6.07 Å². The van der Waals surface area contributed by atoms with Crippen LogP contribution in [0.15, 0.2) is 77.5 Å². The Balaban J connectivity index is 1.54. The van der Waals surface area contributed by atoms with Crippen LogP contribution in [0.3, 0.4) is 0 Å². The molecule has 7 heteroatoms. The van der Waals surface area contributed by atoms with E-state index in [1.165, 1.54) is 0 Å². The van der Waals surface area contributed by atoms with Crippen LogP contribution in [-0.4, -0.2) is 19.2 Å². The van der Waals surface area contributed by atoms with Gasteiger partial charge >= 0.3 is 0 Å². The summed E-state index contributed by atoms with van der Waals surface area (Å²) in [5, 5.41) is 4.88. The fourth-order valence-corrected chi connectivity index (χ4v) is 6.08. The first-order valence-corrected chi connectivity index (χ1v) is 13.0. The van der Waals surface area contributed by atoms with E-state index in [9.17, 15) is 8.42 Å². The zero-order valence-corrected chi connectivity index (χ0v) is 18.6. The second-order valence-electron chi connectivity index (χ2n) is 6.89. The third kappa shape index (κ3) is 5.64. The molecule has 2 aromatic heterocycles. The van der Waals surface area contributed by atoms with Crippen LogP contribution in [0.2, 0.25) is 0 Å². The van der Waals surface area contributed by atoms with E-state index in [1.54, 1.807) is 22.7 Å². The van der Waals surface area contributed by atoms with Crippen molar-refractivity contribution in [3.63, 3.8) is 0 Å². The summed E-state index contributed by atoms with van der Waals surface area (Å²) in [5.41, 5.74) is 2.79. The Hall–Kier alpha value is -2.32. The molecular formula is C23H21N2O2S3. The van der Waals surface area contributed by atoms with Crippen LogP contribution < -0.4 is 4.72 Å². The molecule has 2 aromatic carbocycles. The van der Waals surface area contributed by atoms with Gasteiger partial charge in [-0.3, -0.25) is 0 Å². The lowest BCUT2D eigenvalue weighted by molar-refractivity contribution is 0.550. The van der Waals surface area contributed by atoms with Crippen molar-refractivity contribution in [1.82, 2.24) is 9.71 Å². The molecule has 1 N–H and O–H groups in total. The number of rotatable bonds is 9. The fourth-order valence-electron chi connectivity index (χ4n) is 3.13. The van der Waals surface area contributed by atoms with Gasteiger partial charge in [-0.25, -0.2) is 18.1 Å². The van der Waals surface area contributed by atoms with E-state index in [0.29, 0.717) is 12.8 Å². The molecule has 1 atom stereocenters. The number of hydrogen-bond donors (Lipinski definition) is 1. The predicted molar refractivity (Wildman–Crippen MR) is 124 cm³/mol. The quantitative estimate of drug-likeness (QED) is 0.383. The van der Waals surface area contributed by atoms with Crippen LogP contribution in [-0.2, 0) is 22.9 Å². The van der Waals surface area contributed by atoms with Gasteiger partial charge in [-0.15, -0.1) is 22.7 Å². The number of thiophene rings is 1. The van der Waals surface area contributed by atoms with Crippen molar-refractivity contribution in [2.45, 2.75) is 18.9 Å². The molecule has 4 aromatic rings. The summed E-state index contributed by atoms with van der Waals surface area (Å²) in [7, 11) is -3.48. The lowest BCUT2D eigenvalue weighted by atomic mass is 10.1. The van der Waals surface area contributed by atoms with E-state index in [2.05, 4.69) is 10.8 Å². The van der Waals surface area contributed by atoms with E-state index in [-0.39, 0.29) is 5.75 Å². The van der Waals surface area contributed by atoms with E-state index in [0.717, 1.165) is 26.7 Å². The number of aryl methyl sites for hydroxylation is 1. The third-order valence-electron chi connectivity index (χ3n) is 4.66. The molecular weight excluding hydrogens is 432 g/mol. The van der Waals surface area contributed by atoms with Gasteiger partial charge in [0.1, 0.15) is 5.01 Å². The molecule has 0 spiro atoms. The molecule has 0 bridgehead atoms. The second kappa shape index (κ2) is 9.66. The van der Waals surface area contributed by atoms with Crippen LogP contribution in [0.4, 0.5) is 0 Å². The van der Waals surface area contributed by atoms with Crippen molar-refractivity contribution < 1.29 is 8.42 Å². The maximum atomic E-state index is 12.9. The number of nitrogens with zero attached hydrogens (tertiary/aromatic N) is 1. The van der Waals surface area contributed by atoms with Crippen molar-refractivity contribution in [2.24, 2.45) is 0 Å². The first kappa shape index (κ1) is 20.9. The van der Waals surface area contributed by atoms with E-state index in [1.807, 2.05) is 77.5 Å². The maximum absolute atomic E-state index is 12.9. The Bertz CT molecular complexity index is 1160. The van der Waals surface area contributed by atoms with Gasteiger partial charge in [-0.2, -0.15) is 0 Å². The summed E-state index contributed by atoms with van der Waals surface area (Å²) in [4.78, 5) is 5.83. The number of hydrogen-bond acceptors (Lipinski definition) is 5. The van der Waals surface area contributed by atoms with Crippen LogP contribution in [0.1, 0.15) is 22.9 Å². The molecule has 0 saturated carbocycles. The van der Waals surface area contributed by atoms with E-state index < -0.39 is 16.1 Å². The van der Waals surface area contributed by atoms with Crippen molar-refractivity contribution in [1.29, 1.82) is 0 Å². The summed E-state index contributed by atoms with van der Waals surface area (Å²) in [6.07, 6.45) is 1.01. The van der Waals surface area contributed by atoms with Crippen LogP contribution in [0.5, 0.6) is 0 Å². The molecule has 0 aliphatic carbocycles. The highest BCUT2D eigenvalue weighted by atomic mass is 32.2. The summed E-state index contributed by atoms with van der Waals surface area (Å²) in [6.45, 7) is 0. The molecule has 0 saturated heterocycles. The van der Waals surface area contributed by atoms with Gasteiger partial charge in [0.25, 0.3) is 0 Å². The predicted octanol–water partition coefficient (Wildman–Crippen LogP) is 5.12. The SMILES string of the molecule is O=S(=O)(CCc1ccccc1)N[C@@H](Cc1cc[c]cc1)c1csc(-c2cccs2)n1. The smallest absolute Gasteiger partial charge is 0.212 e. The topological polar surface area (TPSA) is 59.1 Å². The minimum absolute atomic E-state index is 0.0397. The summed E-state index contributed by atoms with van der Waals surface area (Å²) in [5.74, 6) is 0.0397. The molecule has 1 radical (unpaired) electrons. The maximum Gasteiger partial charge on any atom is 0.212 e. The molecule has 4 rings (SSSR count). The molecule has 2 heterocycles. The van der Waals surface area contributed by atoms with Crippen molar-refractivity contribution in [3.8, 4) is 9.88 Å². The minimum atomic E-state index is -3.48. The van der Waals surface area contributed by atoms with Crippen LogP contribution >= 0.6 is 22.7 Å². The lowest BCUT2D eigenvalue weighted by Crippen LogP contribution is -2.32. The zero-order valence-electron chi connectivity index (χ0n) is 16.2. The highest BCUT2D eigenvalue weighted by Gasteiger charge is 2.23. The van der Waals surface area contributed by atoms with Gasteiger partial charge in [0.15, 0.2) is 0 Å². The molecule has 153 valence electrons. The molecule has 0 fully saturated rings. The molecule has 0 unspecified atom stereocenters. The number of sulfonamides is 1. The Morgan fingerprint density at radius 1 is 0.967 bits per heavy atom. The molecule has 0 aliphatic heterocycles. The van der Waals surface area contributed by atoms with Gasteiger partial charge < -0.3 is 0 Å². The van der Waals surface area contributed by atoms with Crippen molar-refractivity contribution in [3.05, 3.63) is 100 Å². The first-order valence-electron chi connectivity index (χ1n) is 9.57. The number of nitrogens with one attached hydrogen (secondary N) is 1. The first-order chi connectivity index (χ1) is 14.6. The summed E-state index contributed by atoms with van der Waals surface area (Å²) < 4.78 is 28.6. The van der Waals surface area contributed by atoms with Gasteiger partial charge in [-0.05, 0) is 41.5 Å². The second-order valence-corrected chi connectivity index (χ2v) is 10.6. The van der Waals surface area contributed by atoms with Gasteiger partial charge in [-0.1, -0.05) is 60.7 Å². The van der Waals surface area contributed by atoms with Gasteiger partial charge in [0.2, 0.25) is 10.0 Å². The highest BCUT2D eigenvalue weighted by Crippen LogP contribution is 2.31. The molecule has 4 nitrogen and oxygen atoms in total. The number of benzene rings is 2. The average molecular weight is 454 g/mol. The molecule has 30 heavy (non-hydrogen) atoms. The molecule has 0 aliphatic rings. The van der Waals surface area contributed by atoms with Crippen molar-refractivity contribution in [2.75, 3.05) is 5.75 Å². The van der Waals surface area contributed by atoms with E-state index in [4.69, 9.17) is 4.98 Å². The Morgan fingerprint density at radius 2 is 1.77 bits per heavy atom. The zero-order chi connectivity index (χ0) is 20.8. The Labute approximate surface area is 185 Å². The van der Waals surface area contributed by atoms with E-state index >= 15 is 0 Å². The minimum Gasteiger partial charge on any atom is -0.239 e. The largest absolute Gasteiger partial charge is 0.239 e. The number of thiazole rings is 1. The van der Waals surface area contributed by atoms with Crippen LogP contribution in [0.25, 0.3) is 9.88 Å². The third-order valence-corrected chi connectivity index (χ3v) is 7.95. The normalized spacial score (nSPS) is 12.7. The molecule has 0 amide bonds. The summed E-state index contributed by atoms with van der Waals surface area (Å²) >= 11 is 3.17. The standard InChI is InChI=1S/C23H21N2O2S3/c26-30(27,15-13-18-8-3-1-4-9-18)25-20(16-19-10-5-2-6-11-19)21-17-29-23(24-21)22-12-7-14-28-22/h1,3-12,14,17,20,25H,13,15-16H2/t20-/m0/s1. The Morgan fingerprint density at radius 3 is 2.50 bits per heavy atom. The number of aromatic nitrogens is 1. The monoisotopic (exact) mass is 453 g/mol. The fraction of sp³-hybridized carbons (Fsp3) is 0.174. The van der Waals surface area contributed by atoms with Crippen molar-refractivity contribution >= 4 is 32.7 Å². The van der Waals surface area contributed by atoms with Gasteiger partial charge in [0, 0.05) is 5.38 Å². The summed E-state index contributed by atoms with van der Waals surface area (Å²) in [6, 6.07) is 23.9. The van der Waals surface area contributed by atoms with Gasteiger partial charge in [0.05, 0.1) is 22.4 Å². The highest BCUT2D eigenvalue weighted by molar-refractivity contribution is 7.89. The lowest BCUT2D eigenvalue weighted by Gasteiger charge is -2.17.